The minimum Gasteiger partial charge on any atom is -0.487 e. The molecule has 0 radical (unpaired) electrons. The molecule has 2 heterocycles. The van der Waals surface area contributed by atoms with Crippen molar-refractivity contribution >= 4 is 34.6 Å². The maximum atomic E-state index is 12.3. The fraction of sp³-hybridized carbons (Fsp3) is 0.0741. The van der Waals surface area contributed by atoms with Crippen LogP contribution in [-0.2, 0) is 16.2 Å². The monoisotopic (exact) mass is 422 g/mol. The van der Waals surface area contributed by atoms with Gasteiger partial charge in [-0.1, -0.05) is 42.5 Å². The number of para-hydroxylation sites is 2. The van der Waals surface area contributed by atoms with Crippen LogP contribution in [0, 0.1) is 0 Å². The largest absolute Gasteiger partial charge is 0.487 e. The van der Waals surface area contributed by atoms with Gasteiger partial charge in [0.1, 0.15) is 12.4 Å². The summed E-state index contributed by atoms with van der Waals surface area (Å²) in [6, 6.07) is 20.9. The number of hydrogen-bond acceptors (Lipinski definition) is 4. The number of ether oxygens (including phenoxy) is 1. The van der Waals surface area contributed by atoms with E-state index in [1.165, 1.54) is 12.2 Å². The van der Waals surface area contributed by atoms with Crippen molar-refractivity contribution < 1.29 is 14.3 Å². The topological polar surface area (TPSA) is 72.0 Å². The van der Waals surface area contributed by atoms with Crippen LogP contribution in [0.4, 0.5) is 0 Å². The summed E-state index contributed by atoms with van der Waals surface area (Å²) >= 11 is 0. The van der Waals surface area contributed by atoms with E-state index in [2.05, 4.69) is 9.97 Å². The van der Waals surface area contributed by atoms with Crippen molar-refractivity contribution in [3.8, 4) is 5.75 Å². The van der Waals surface area contributed by atoms with E-state index in [9.17, 15) is 9.59 Å². The van der Waals surface area contributed by atoms with Gasteiger partial charge in [0.25, 0.3) is 0 Å². The SMILES string of the molecule is O=C(/C=C/c1ccccc1OCc1ccccn1)CC(=O)/C=C/c1c[nH]c2ccccc12. The third kappa shape index (κ3) is 5.46. The number of rotatable bonds is 9. The second-order valence-electron chi connectivity index (χ2n) is 7.21. The van der Waals surface area contributed by atoms with E-state index in [4.69, 9.17) is 4.74 Å². The van der Waals surface area contributed by atoms with E-state index in [-0.39, 0.29) is 18.0 Å². The number of aromatic amines is 1. The molecular formula is C27H22N2O3. The molecule has 5 heteroatoms. The maximum Gasteiger partial charge on any atom is 0.163 e. The Morgan fingerprint density at radius 2 is 1.56 bits per heavy atom. The number of hydrogen-bond donors (Lipinski definition) is 1. The maximum absolute atomic E-state index is 12.3. The summed E-state index contributed by atoms with van der Waals surface area (Å²) in [4.78, 5) is 31.9. The molecule has 0 saturated carbocycles. The van der Waals surface area contributed by atoms with Gasteiger partial charge < -0.3 is 9.72 Å². The lowest BCUT2D eigenvalue weighted by molar-refractivity contribution is -0.121. The number of nitrogens with one attached hydrogen (secondary N) is 1. The standard InChI is InChI=1S/C27H22N2O3/c30-23(17-24(31)15-13-21-18-29-26-10-3-2-9-25(21)26)14-12-20-7-1-4-11-27(20)32-19-22-8-5-6-16-28-22/h1-16,18,29H,17,19H2/b14-12+,15-13+. The number of fused-ring (bicyclic) bond motifs is 1. The first-order valence-corrected chi connectivity index (χ1v) is 10.3. The molecule has 4 aromatic rings. The first kappa shape index (κ1) is 21.0. The van der Waals surface area contributed by atoms with Crippen LogP contribution in [0.3, 0.4) is 0 Å². The zero-order valence-corrected chi connectivity index (χ0v) is 17.4. The molecule has 0 spiro atoms. The van der Waals surface area contributed by atoms with Crippen LogP contribution in [0.25, 0.3) is 23.1 Å². The highest BCUT2D eigenvalue weighted by molar-refractivity contribution is 6.11. The molecule has 0 unspecified atom stereocenters. The number of aromatic nitrogens is 2. The quantitative estimate of drug-likeness (QED) is 0.290. The van der Waals surface area contributed by atoms with Crippen LogP contribution in [0.1, 0.15) is 23.2 Å². The molecule has 32 heavy (non-hydrogen) atoms. The van der Waals surface area contributed by atoms with Crippen LogP contribution in [0.15, 0.2) is 91.3 Å². The molecule has 2 aromatic carbocycles. The Labute approximate surface area is 186 Å². The highest BCUT2D eigenvalue weighted by atomic mass is 16.5. The van der Waals surface area contributed by atoms with E-state index in [0.717, 1.165) is 27.7 Å². The van der Waals surface area contributed by atoms with Gasteiger partial charge in [0.05, 0.1) is 12.1 Å². The van der Waals surface area contributed by atoms with Gasteiger partial charge in [0.15, 0.2) is 11.6 Å². The molecule has 5 nitrogen and oxygen atoms in total. The van der Waals surface area contributed by atoms with Crippen molar-refractivity contribution in [2.45, 2.75) is 13.0 Å². The number of ketones is 2. The lowest BCUT2D eigenvalue weighted by Gasteiger charge is -2.08. The zero-order chi connectivity index (χ0) is 22.2. The Hall–Kier alpha value is -4.25. The van der Waals surface area contributed by atoms with Crippen molar-refractivity contribution in [3.63, 3.8) is 0 Å². The van der Waals surface area contributed by atoms with Crippen molar-refractivity contribution in [2.24, 2.45) is 0 Å². The summed E-state index contributed by atoms with van der Waals surface area (Å²) in [5.74, 6) is 0.135. The van der Waals surface area contributed by atoms with E-state index >= 15 is 0 Å². The van der Waals surface area contributed by atoms with Crippen LogP contribution in [0.2, 0.25) is 0 Å². The Morgan fingerprint density at radius 3 is 2.38 bits per heavy atom. The molecule has 1 N–H and O–H groups in total. The van der Waals surface area contributed by atoms with Crippen molar-refractivity contribution in [2.75, 3.05) is 0 Å². The summed E-state index contributed by atoms with van der Waals surface area (Å²) in [6.45, 7) is 0.330. The normalized spacial score (nSPS) is 11.4. The Balaban J connectivity index is 1.35. The molecule has 2 aromatic heterocycles. The molecule has 0 bridgehead atoms. The van der Waals surface area contributed by atoms with Gasteiger partial charge in [-0.15, -0.1) is 0 Å². The molecule has 4 rings (SSSR count). The average molecular weight is 422 g/mol. The van der Waals surface area contributed by atoms with Crippen LogP contribution < -0.4 is 4.74 Å². The number of carbonyl (C=O) groups is 2. The molecule has 0 amide bonds. The molecule has 158 valence electrons. The summed E-state index contributed by atoms with van der Waals surface area (Å²) in [7, 11) is 0. The minimum atomic E-state index is -0.266. The molecule has 0 aliphatic heterocycles. The highest BCUT2D eigenvalue weighted by Gasteiger charge is 2.06. The first-order chi connectivity index (χ1) is 15.7. The number of carbonyl (C=O) groups excluding carboxylic acids is 2. The predicted molar refractivity (Wildman–Crippen MR) is 126 cm³/mol. The summed E-state index contributed by atoms with van der Waals surface area (Å²) in [6.07, 6.45) is 9.65. The molecule has 0 saturated heterocycles. The fourth-order valence-electron chi connectivity index (χ4n) is 3.27. The number of nitrogens with zero attached hydrogens (tertiary/aromatic N) is 1. The van der Waals surface area contributed by atoms with Crippen LogP contribution in [-0.4, -0.2) is 21.5 Å². The summed E-state index contributed by atoms with van der Waals surface area (Å²) < 4.78 is 5.85. The Morgan fingerprint density at radius 1 is 0.844 bits per heavy atom. The van der Waals surface area contributed by atoms with Gasteiger partial charge in [-0.05, 0) is 54.1 Å². The Kier molecular flexibility index (Phi) is 6.68. The van der Waals surface area contributed by atoms with Crippen molar-refractivity contribution in [1.82, 2.24) is 9.97 Å². The Bertz CT molecular complexity index is 1290. The molecule has 0 aliphatic carbocycles. The average Bonchev–Trinajstić information content (AvgIpc) is 3.24. The third-order valence-corrected chi connectivity index (χ3v) is 4.89. The fourth-order valence-corrected chi connectivity index (χ4v) is 3.27. The zero-order valence-electron chi connectivity index (χ0n) is 17.4. The predicted octanol–water partition coefficient (Wildman–Crippen LogP) is 5.40. The van der Waals surface area contributed by atoms with E-state index in [1.54, 1.807) is 18.3 Å². The molecule has 0 atom stereocenters. The second-order valence-corrected chi connectivity index (χ2v) is 7.21. The second kappa shape index (κ2) is 10.2. The first-order valence-electron chi connectivity index (χ1n) is 10.3. The third-order valence-electron chi connectivity index (χ3n) is 4.89. The van der Waals surface area contributed by atoms with Crippen molar-refractivity contribution in [3.05, 3.63) is 108 Å². The number of allylic oxidation sites excluding steroid dienone is 2. The van der Waals surface area contributed by atoms with Gasteiger partial charge >= 0.3 is 0 Å². The smallest absolute Gasteiger partial charge is 0.163 e. The number of pyridine rings is 1. The van der Waals surface area contributed by atoms with Gasteiger partial charge in [0, 0.05) is 28.9 Å². The molecular weight excluding hydrogens is 400 g/mol. The number of H-pyrrole nitrogens is 1. The highest BCUT2D eigenvalue weighted by Crippen LogP contribution is 2.21. The van der Waals surface area contributed by atoms with E-state index < -0.39 is 0 Å². The minimum absolute atomic E-state index is 0.188. The van der Waals surface area contributed by atoms with Gasteiger partial charge in [-0.25, -0.2) is 0 Å². The van der Waals surface area contributed by atoms with Gasteiger partial charge in [0.2, 0.25) is 0 Å². The summed E-state index contributed by atoms with van der Waals surface area (Å²) in [5, 5.41) is 1.03. The van der Waals surface area contributed by atoms with E-state index in [0.29, 0.717) is 12.4 Å². The molecule has 0 aliphatic rings. The van der Waals surface area contributed by atoms with Gasteiger partial charge in [-0.2, -0.15) is 0 Å². The van der Waals surface area contributed by atoms with Crippen LogP contribution in [0.5, 0.6) is 5.75 Å². The summed E-state index contributed by atoms with van der Waals surface area (Å²) in [5.41, 5.74) is 3.49. The number of benzene rings is 2. The lowest BCUT2D eigenvalue weighted by Crippen LogP contribution is -2.02. The van der Waals surface area contributed by atoms with E-state index in [1.807, 2.05) is 72.9 Å². The van der Waals surface area contributed by atoms with Crippen molar-refractivity contribution in [1.29, 1.82) is 0 Å². The van der Waals surface area contributed by atoms with Gasteiger partial charge in [-0.3, -0.25) is 14.6 Å². The van der Waals surface area contributed by atoms with Crippen LogP contribution >= 0.6 is 0 Å². The lowest BCUT2D eigenvalue weighted by atomic mass is 10.1. The molecule has 0 fully saturated rings.